The van der Waals surface area contributed by atoms with Gasteiger partial charge in [-0.15, -0.1) is 0 Å². The fraction of sp³-hybridized carbons (Fsp3) is 0.429. The molecule has 0 radical (unpaired) electrons. The summed E-state index contributed by atoms with van der Waals surface area (Å²) in [4.78, 5) is 26.3. The molecule has 0 fully saturated rings. The van der Waals surface area contributed by atoms with E-state index in [1.165, 1.54) is 0 Å². The second-order valence-corrected chi connectivity index (χ2v) is 5.16. The molecule has 0 aliphatic heterocycles. The van der Waals surface area contributed by atoms with E-state index in [9.17, 15) is 9.59 Å². The molecule has 0 unspecified atom stereocenters. The van der Waals surface area contributed by atoms with Gasteiger partial charge in [0.15, 0.2) is 0 Å². The van der Waals surface area contributed by atoms with Crippen molar-refractivity contribution in [2.75, 3.05) is 6.54 Å². The molecule has 1 amide bonds. The first-order valence-electron chi connectivity index (χ1n) is 6.71. The first-order chi connectivity index (χ1) is 9.50. The minimum atomic E-state index is -0.519. The second-order valence-electron chi connectivity index (χ2n) is 5.16. The van der Waals surface area contributed by atoms with Crippen LogP contribution < -0.4 is 16.7 Å². The maximum absolute atomic E-state index is 11.8. The van der Waals surface area contributed by atoms with Gasteiger partial charge < -0.3 is 16.0 Å². The van der Waals surface area contributed by atoms with Crippen LogP contribution in [0.2, 0.25) is 0 Å². The van der Waals surface area contributed by atoms with Crippen molar-refractivity contribution >= 4 is 16.9 Å². The average molecular weight is 276 g/mol. The quantitative estimate of drug-likeness (QED) is 0.739. The number of nitrogens with one attached hydrogen (secondary N) is 2. The van der Waals surface area contributed by atoms with E-state index in [4.69, 9.17) is 5.73 Å². The number of fused-ring (bicyclic) bond motifs is 1. The highest BCUT2D eigenvalue weighted by atomic mass is 16.2. The monoisotopic (exact) mass is 276 g/mol. The first-order valence-corrected chi connectivity index (χ1v) is 6.71. The van der Waals surface area contributed by atoms with E-state index >= 15 is 0 Å². The van der Waals surface area contributed by atoms with Crippen LogP contribution in [0.4, 0.5) is 0 Å². The SMILES string of the molecule is CC(C)[C@H](N)C(=O)NCCn1c(=O)[nH]c2ccccc21. The molecule has 6 nitrogen and oxygen atoms in total. The summed E-state index contributed by atoms with van der Waals surface area (Å²) >= 11 is 0. The zero-order valence-electron chi connectivity index (χ0n) is 11.7. The Morgan fingerprint density at radius 3 is 2.80 bits per heavy atom. The van der Waals surface area contributed by atoms with Crippen LogP contribution in [-0.4, -0.2) is 28.0 Å². The summed E-state index contributed by atoms with van der Waals surface area (Å²) in [5, 5.41) is 2.76. The lowest BCUT2D eigenvalue weighted by Crippen LogP contribution is -2.45. The smallest absolute Gasteiger partial charge is 0.326 e. The third kappa shape index (κ3) is 2.91. The standard InChI is InChI=1S/C14H20N4O2/c1-9(2)12(15)13(19)16-7-8-18-11-6-4-3-5-10(11)17-14(18)20/h3-6,9,12H,7-8,15H2,1-2H3,(H,16,19)(H,17,20)/t12-/m0/s1. The van der Waals surface area contributed by atoms with Gasteiger partial charge in [-0.2, -0.15) is 0 Å². The van der Waals surface area contributed by atoms with Gasteiger partial charge in [-0.25, -0.2) is 4.79 Å². The van der Waals surface area contributed by atoms with Gasteiger partial charge >= 0.3 is 5.69 Å². The number of nitrogens with zero attached hydrogens (tertiary/aromatic N) is 1. The summed E-state index contributed by atoms with van der Waals surface area (Å²) in [6.45, 7) is 4.59. The molecule has 2 rings (SSSR count). The van der Waals surface area contributed by atoms with Crippen LogP contribution in [0.3, 0.4) is 0 Å². The minimum absolute atomic E-state index is 0.0887. The number of rotatable bonds is 5. The summed E-state index contributed by atoms with van der Waals surface area (Å²) in [6, 6.07) is 6.94. The van der Waals surface area contributed by atoms with Gasteiger partial charge in [0.1, 0.15) is 0 Å². The van der Waals surface area contributed by atoms with Gasteiger partial charge in [0.05, 0.1) is 17.1 Å². The highest BCUT2D eigenvalue weighted by Crippen LogP contribution is 2.08. The predicted octanol–water partition coefficient (Wildman–Crippen LogP) is 0.429. The number of carbonyl (C=O) groups is 1. The first kappa shape index (κ1) is 14.3. The molecule has 2 aromatic rings. The number of aromatic nitrogens is 2. The predicted molar refractivity (Wildman–Crippen MR) is 78.4 cm³/mol. The summed E-state index contributed by atoms with van der Waals surface area (Å²) < 4.78 is 1.61. The van der Waals surface area contributed by atoms with Crippen LogP contribution in [0, 0.1) is 5.92 Å². The van der Waals surface area contributed by atoms with Crippen molar-refractivity contribution in [1.29, 1.82) is 0 Å². The third-order valence-corrected chi connectivity index (χ3v) is 3.34. The van der Waals surface area contributed by atoms with Crippen LogP contribution in [0.1, 0.15) is 13.8 Å². The van der Waals surface area contributed by atoms with Crippen molar-refractivity contribution in [3.8, 4) is 0 Å². The molecule has 1 atom stereocenters. The molecular formula is C14H20N4O2. The van der Waals surface area contributed by atoms with Gasteiger partial charge in [-0.05, 0) is 18.1 Å². The maximum atomic E-state index is 11.8. The van der Waals surface area contributed by atoms with E-state index in [2.05, 4.69) is 10.3 Å². The third-order valence-electron chi connectivity index (χ3n) is 3.34. The topological polar surface area (TPSA) is 92.9 Å². The Morgan fingerprint density at radius 2 is 2.10 bits per heavy atom. The molecule has 0 aliphatic rings. The fourth-order valence-electron chi connectivity index (χ4n) is 2.04. The number of amides is 1. The van der Waals surface area contributed by atoms with Crippen molar-refractivity contribution in [1.82, 2.24) is 14.9 Å². The Hall–Kier alpha value is -2.08. The number of nitrogens with two attached hydrogens (primary N) is 1. The average Bonchev–Trinajstić information content (AvgIpc) is 2.74. The molecule has 1 heterocycles. The molecule has 4 N–H and O–H groups in total. The lowest BCUT2D eigenvalue weighted by molar-refractivity contribution is -0.123. The number of hydrogen-bond donors (Lipinski definition) is 3. The lowest BCUT2D eigenvalue weighted by Gasteiger charge is -2.15. The Morgan fingerprint density at radius 1 is 1.40 bits per heavy atom. The van der Waals surface area contributed by atoms with Crippen LogP contribution in [0.5, 0.6) is 0 Å². The summed E-state index contributed by atoms with van der Waals surface area (Å²) in [6.07, 6.45) is 0. The maximum Gasteiger partial charge on any atom is 0.326 e. The van der Waals surface area contributed by atoms with Crippen LogP contribution in [0.25, 0.3) is 11.0 Å². The number of benzene rings is 1. The molecule has 20 heavy (non-hydrogen) atoms. The van der Waals surface area contributed by atoms with Gasteiger partial charge in [0, 0.05) is 13.1 Å². The molecule has 0 saturated carbocycles. The second kappa shape index (κ2) is 5.92. The van der Waals surface area contributed by atoms with Crippen LogP contribution in [-0.2, 0) is 11.3 Å². The normalized spacial score (nSPS) is 12.8. The van der Waals surface area contributed by atoms with E-state index in [0.29, 0.717) is 13.1 Å². The summed E-state index contributed by atoms with van der Waals surface area (Å²) in [5.74, 6) is -0.0984. The zero-order valence-corrected chi connectivity index (χ0v) is 11.7. The van der Waals surface area contributed by atoms with Gasteiger partial charge in [0.25, 0.3) is 0 Å². The zero-order chi connectivity index (χ0) is 14.7. The van der Waals surface area contributed by atoms with Crippen molar-refractivity contribution in [3.63, 3.8) is 0 Å². The number of imidazole rings is 1. The summed E-state index contributed by atoms with van der Waals surface area (Å²) in [7, 11) is 0. The van der Waals surface area contributed by atoms with Gasteiger partial charge in [-0.3, -0.25) is 9.36 Å². The fourth-order valence-corrected chi connectivity index (χ4v) is 2.04. The van der Waals surface area contributed by atoms with E-state index < -0.39 is 6.04 Å². The van der Waals surface area contributed by atoms with E-state index in [-0.39, 0.29) is 17.5 Å². The Kier molecular flexibility index (Phi) is 4.24. The van der Waals surface area contributed by atoms with E-state index in [1.807, 2.05) is 38.1 Å². The van der Waals surface area contributed by atoms with E-state index in [0.717, 1.165) is 11.0 Å². The molecule has 108 valence electrons. The lowest BCUT2D eigenvalue weighted by atomic mass is 10.1. The molecule has 6 heteroatoms. The number of aromatic amines is 1. The Bertz CT molecular complexity index is 656. The Labute approximate surface area is 117 Å². The molecule has 0 saturated heterocycles. The van der Waals surface area contributed by atoms with Crippen molar-refractivity contribution in [2.24, 2.45) is 11.7 Å². The number of para-hydroxylation sites is 2. The molecule has 1 aromatic heterocycles. The van der Waals surface area contributed by atoms with Gasteiger partial charge in [-0.1, -0.05) is 26.0 Å². The molecule has 1 aromatic carbocycles. The molecular weight excluding hydrogens is 256 g/mol. The minimum Gasteiger partial charge on any atom is -0.353 e. The van der Waals surface area contributed by atoms with Gasteiger partial charge in [0.2, 0.25) is 5.91 Å². The number of carbonyl (C=O) groups excluding carboxylic acids is 1. The molecule has 0 spiro atoms. The summed E-state index contributed by atoms with van der Waals surface area (Å²) in [5.41, 5.74) is 7.21. The number of H-pyrrole nitrogens is 1. The van der Waals surface area contributed by atoms with Crippen LogP contribution in [0.15, 0.2) is 29.1 Å². The highest BCUT2D eigenvalue weighted by molar-refractivity contribution is 5.81. The Balaban J connectivity index is 2.02. The van der Waals surface area contributed by atoms with E-state index in [1.54, 1.807) is 4.57 Å². The molecule has 0 aliphatic carbocycles. The van der Waals surface area contributed by atoms with Crippen LogP contribution >= 0.6 is 0 Å². The van der Waals surface area contributed by atoms with Crippen molar-refractivity contribution in [2.45, 2.75) is 26.4 Å². The molecule has 0 bridgehead atoms. The highest BCUT2D eigenvalue weighted by Gasteiger charge is 2.16. The largest absolute Gasteiger partial charge is 0.353 e. The van der Waals surface area contributed by atoms with Crippen molar-refractivity contribution < 1.29 is 4.79 Å². The van der Waals surface area contributed by atoms with Crippen molar-refractivity contribution in [3.05, 3.63) is 34.7 Å². The number of hydrogen-bond acceptors (Lipinski definition) is 3.